The van der Waals surface area contributed by atoms with Crippen LogP contribution in [0.2, 0.25) is 0 Å². The fraction of sp³-hybridized carbons (Fsp3) is 0.294. The lowest BCUT2D eigenvalue weighted by atomic mass is 10.2. The van der Waals surface area contributed by atoms with E-state index in [2.05, 4.69) is 10.3 Å². The first-order valence-corrected chi connectivity index (χ1v) is 8.71. The second-order valence-corrected chi connectivity index (χ2v) is 6.48. The van der Waals surface area contributed by atoms with Crippen LogP contribution in [-0.2, 0) is 20.8 Å². The number of carbonyl (C=O) groups is 3. The lowest BCUT2D eigenvalue weighted by Crippen LogP contribution is -2.38. The number of amides is 3. The monoisotopic (exact) mass is 361 g/mol. The molecule has 0 radical (unpaired) electrons. The molecule has 1 N–H and O–H groups in total. The molecule has 1 aliphatic rings. The zero-order valence-corrected chi connectivity index (χ0v) is 14.1. The molecule has 0 unspecified atom stereocenters. The van der Waals surface area contributed by atoms with Crippen molar-refractivity contribution in [1.29, 1.82) is 0 Å². The summed E-state index contributed by atoms with van der Waals surface area (Å²) in [4.78, 5) is 40.4. The van der Waals surface area contributed by atoms with Gasteiger partial charge in [0.05, 0.1) is 12.1 Å². The van der Waals surface area contributed by atoms with E-state index in [0.717, 1.165) is 0 Å². The number of hydrogen-bond donors (Lipinski definition) is 1. The molecule has 2 aromatic rings. The van der Waals surface area contributed by atoms with Gasteiger partial charge in [0.1, 0.15) is 10.8 Å². The van der Waals surface area contributed by atoms with Gasteiger partial charge in [0.25, 0.3) is 0 Å². The van der Waals surface area contributed by atoms with Gasteiger partial charge in [-0.25, -0.2) is 9.37 Å². The van der Waals surface area contributed by atoms with Crippen LogP contribution in [0, 0.1) is 5.82 Å². The lowest BCUT2D eigenvalue weighted by molar-refractivity contribution is -0.138. The smallest absolute Gasteiger partial charge is 0.229 e. The Balaban J connectivity index is 1.50. The van der Waals surface area contributed by atoms with Crippen molar-refractivity contribution in [2.45, 2.75) is 19.3 Å². The Hall–Kier alpha value is -2.61. The van der Waals surface area contributed by atoms with Crippen molar-refractivity contribution in [3.63, 3.8) is 0 Å². The second-order valence-electron chi connectivity index (χ2n) is 5.62. The van der Waals surface area contributed by atoms with E-state index in [4.69, 9.17) is 0 Å². The predicted molar refractivity (Wildman–Crippen MR) is 90.2 cm³/mol. The van der Waals surface area contributed by atoms with Crippen molar-refractivity contribution < 1.29 is 18.8 Å². The molecule has 8 heteroatoms. The topological polar surface area (TPSA) is 79.4 Å². The zero-order valence-electron chi connectivity index (χ0n) is 13.3. The fourth-order valence-corrected chi connectivity index (χ4v) is 3.37. The number of hydrogen-bond acceptors (Lipinski definition) is 5. The Morgan fingerprint density at radius 3 is 2.76 bits per heavy atom. The molecular formula is C17H16FN3O3S. The van der Waals surface area contributed by atoms with Gasteiger partial charge in [-0.3, -0.25) is 19.3 Å². The van der Waals surface area contributed by atoms with Crippen LogP contribution < -0.4 is 5.32 Å². The third kappa shape index (κ3) is 4.27. The second kappa shape index (κ2) is 7.52. The Morgan fingerprint density at radius 2 is 2.04 bits per heavy atom. The Morgan fingerprint density at radius 1 is 1.28 bits per heavy atom. The summed E-state index contributed by atoms with van der Waals surface area (Å²) in [7, 11) is 0. The van der Waals surface area contributed by atoms with Crippen molar-refractivity contribution in [2.75, 3.05) is 13.1 Å². The summed E-state index contributed by atoms with van der Waals surface area (Å²) in [6.07, 6.45) is 0.580. The molecule has 0 aliphatic carbocycles. The number of thiazole rings is 1. The molecule has 6 nitrogen and oxygen atoms in total. The largest absolute Gasteiger partial charge is 0.354 e. The van der Waals surface area contributed by atoms with E-state index in [1.165, 1.54) is 28.4 Å². The van der Waals surface area contributed by atoms with Gasteiger partial charge in [-0.2, -0.15) is 0 Å². The minimum atomic E-state index is -0.335. The highest BCUT2D eigenvalue weighted by Crippen LogP contribution is 2.24. The van der Waals surface area contributed by atoms with Crippen molar-refractivity contribution in [2.24, 2.45) is 0 Å². The third-order valence-electron chi connectivity index (χ3n) is 3.78. The van der Waals surface area contributed by atoms with Gasteiger partial charge in [-0.05, 0) is 12.1 Å². The van der Waals surface area contributed by atoms with Crippen molar-refractivity contribution >= 4 is 29.1 Å². The minimum Gasteiger partial charge on any atom is -0.354 e. The van der Waals surface area contributed by atoms with Crippen LogP contribution in [0.3, 0.4) is 0 Å². The van der Waals surface area contributed by atoms with Crippen LogP contribution in [0.25, 0.3) is 10.6 Å². The first-order chi connectivity index (χ1) is 12.0. The summed E-state index contributed by atoms with van der Waals surface area (Å²) >= 11 is 1.34. The maximum absolute atomic E-state index is 13.3. The summed E-state index contributed by atoms with van der Waals surface area (Å²) in [6.45, 7) is 0.409. The van der Waals surface area contributed by atoms with E-state index in [0.29, 0.717) is 16.3 Å². The summed E-state index contributed by atoms with van der Waals surface area (Å²) in [5, 5.41) is 5.08. The van der Waals surface area contributed by atoms with Crippen LogP contribution in [0.15, 0.2) is 29.6 Å². The van der Waals surface area contributed by atoms with Crippen LogP contribution in [0.5, 0.6) is 0 Å². The average molecular weight is 361 g/mol. The first-order valence-electron chi connectivity index (χ1n) is 7.83. The van der Waals surface area contributed by atoms with E-state index in [-0.39, 0.29) is 55.9 Å². The molecule has 2 heterocycles. The van der Waals surface area contributed by atoms with Gasteiger partial charge in [-0.15, -0.1) is 11.3 Å². The number of likely N-dealkylation sites (tertiary alicyclic amines) is 1. The molecule has 1 fully saturated rings. The number of nitrogens with one attached hydrogen (secondary N) is 1. The molecule has 0 spiro atoms. The van der Waals surface area contributed by atoms with Gasteiger partial charge in [0.15, 0.2) is 0 Å². The zero-order chi connectivity index (χ0) is 17.8. The molecule has 3 amide bonds. The molecular weight excluding hydrogens is 345 g/mol. The first kappa shape index (κ1) is 17.2. The van der Waals surface area contributed by atoms with Crippen LogP contribution in [0.1, 0.15) is 18.5 Å². The molecule has 0 bridgehead atoms. The lowest BCUT2D eigenvalue weighted by Gasteiger charge is -2.13. The molecule has 1 aromatic heterocycles. The molecule has 1 aliphatic heterocycles. The van der Waals surface area contributed by atoms with Crippen molar-refractivity contribution in [3.8, 4) is 10.6 Å². The molecule has 130 valence electrons. The quantitative estimate of drug-likeness (QED) is 0.795. The Labute approximate surface area is 147 Å². The Bertz CT molecular complexity index is 805. The maximum atomic E-state index is 13.3. The van der Waals surface area contributed by atoms with Gasteiger partial charge in [0, 0.05) is 36.9 Å². The molecule has 3 rings (SSSR count). The maximum Gasteiger partial charge on any atom is 0.229 e. The SMILES string of the molecule is O=C(Cc1csc(-c2cccc(F)c2)n1)NCCN1C(=O)CCC1=O. The third-order valence-corrected chi connectivity index (χ3v) is 4.72. The van der Waals surface area contributed by atoms with Crippen LogP contribution >= 0.6 is 11.3 Å². The molecule has 0 saturated carbocycles. The van der Waals surface area contributed by atoms with E-state index in [1.54, 1.807) is 17.5 Å². The van der Waals surface area contributed by atoms with Gasteiger partial charge in [0.2, 0.25) is 17.7 Å². The van der Waals surface area contributed by atoms with Crippen LogP contribution in [-0.4, -0.2) is 40.7 Å². The molecule has 25 heavy (non-hydrogen) atoms. The Kier molecular flexibility index (Phi) is 5.18. The van der Waals surface area contributed by atoms with Gasteiger partial charge >= 0.3 is 0 Å². The molecule has 0 atom stereocenters. The van der Waals surface area contributed by atoms with Gasteiger partial charge in [-0.1, -0.05) is 12.1 Å². The number of rotatable bonds is 6. The number of nitrogens with zero attached hydrogens (tertiary/aromatic N) is 2. The normalized spacial score (nSPS) is 14.2. The molecule has 1 saturated heterocycles. The standard InChI is InChI=1S/C17H16FN3O3S/c18-12-3-1-2-11(8-12)17-20-13(10-25-17)9-14(22)19-6-7-21-15(23)4-5-16(21)24/h1-3,8,10H,4-7,9H2,(H,19,22). The van der Waals surface area contributed by atoms with Crippen molar-refractivity contribution in [1.82, 2.24) is 15.2 Å². The highest BCUT2D eigenvalue weighted by molar-refractivity contribution is 7.13. The highest BCUT2D eigenvalue weighted by atomic mass is 32.1. The minimum absolute atomic E-state index is 0.0910. The van der Waals surface area contributed by atoms with Gasteiger partial charge < -0.3 is 5.32 Å². The van der Waals surface area contributed by atoms with Crippen molar-refractivity contribution in [3.05, 3.63) is 41.2 Å². The number of aromatic nitrogens is 1. The average Bonchev–Trinajstić information content (AvgIpc) is 3.16. The predicted octanol–water partition coefficient (Wildman–Crippen LogP) is 1.76. The van der Waals surface area contributed by atoms with E-state index < -0.39 is 0 Å². The number of carbonyl (C=O) groups excluding carboxylic acids is 3. The molecule has 1 aromatic carbocycles. The van der Waals surface area contributed by atoms with E-state index in [1.807, 2.05) is 0 Å². The number of imide groups is 1. The summed E-state index contributed by atoms with van der Waals surface area (Å²) in [5.74, 6) is -0.967. The highest BCUT2D eigenvalue weighted by Gasteiger charge is 2.28. The van der Waals surface area contributed by atoms with E-state index >= 15 is 0 Å². The summed E-state index contributed by atoms with van der Waals surface area (Å²) < 4.78 is 13.3. The summed E-state index contributed by atoms with van der Waals surface area (Å²) in [6, 6.07) is 6.13. The van der Waals surface area contributed by atoms with E-state index in [9.17, 15) is 18.8 Å². The summed E-state index contributed by atoms with van der Waals surface area (Å²) in [5.41, 5.74) is 1.26. The van der Waals surface area contributed by atoms with Crippen LogP contribution in [0.4, 0.5) is 4.39 Å². The number of benzene rings is 1. The number of halogens is 1. The fourth-order valence-electron chi connectivity index (χ4n) is 2.55.